The fourth-order valence-corrected chi connectivity index (χ4v) is 3.35. The second kappa shape index (κ2) is 8.15. The molecule has 0 atom stereocenters. The van der Waals surface area contributed by atoms with Crippen molar-refractivity contribution in [1.29, 1.82) is 0 Å². The van der Waals surface area contributed by atoms with E-state index in [1.165, 1.54) is 0 Å². The van der Waals surface area contributed by atoms with E-state index in [1.54, 1.807) is 38.0 Å². The molecule has 0 saturated carbocycles. The lowest BCUT2D eigenvalue weighted by atomic mass is 10.7. The lowest BCUT2D eigenvalue weighted by Crippen LogP contribution is -2.27. The van der Waals surface area contributed by atoms with Gasteiger partial charge in [0.25, 0.3) is 0 Å². The first-order chi connectivity index (χ1) is 8.54. The van der Waals surface area contributed by atoms with Crippen molar-refractivity contribution in [3.63, 3.8) is 0 Å². The van der Waals surface area contributed by atoms with Crippen LogP contribution >= 0.6 is 0 Å². The predicted molar refractivity (Wildman–Crippen MR) is 75.5 cm³/mol. The molecule has 0 radical (unpaired) electrons. The molecule has 0 aliphatic rings. The van der Waals surface area contributed by atoms with Crippen LogP contribution in [0.1, 0.15) is 0 Å². The summed E-state index contributed by atoms with van der Waals surface area (Å²) in [7, 11) is 0.326. The number of sulfone groups is 2. The first kappa shape index (κ1) is 18.8. The molecule has 0 heterocycles. The molecule has 0 unspecified atom stereocenters. The predicted octanol–water partition coefficient (Wildman–Crippen LogP) is -1.13. The number of rotatable bonds is 10. The van der Waals surface area contributed by atoms with Gasteiger partial charge >= 0.3 is 0 Å². The van der Waals surface area contributed by atoms with Gasteiger partial charge in [-0.1, -0.05) is 0 Å². The summed E-state index contributed by atoms with van der Waals surface area (Å²) in [6.45, 7) is 0.776. The van der Waals surface area contributed by atoms with E-state index in [0.717, 1.165) is 0 Å². The van der Waals surface area contributed by atoms with Crippen LogP contribution in [0.15, 0.2) is 0 Å². The second-order valence-corrected chi connectivity index (χ2v) is 9.20. The molecular weight excluding hydrogens is 292 g/mol. The molecule has 0 rings (SSSR count). The summed E-state index contributed by atoms with van der Waals surface area (Å²) in [4.78, 5) is 3.48. The Morgan fingerprint density at radius 3 is 1.32 bits per heavy atom. The molecule has 0 aromatic carbocycles. The largest absolute Gasteiger partial charge is 0.350 e. The first-order valence-electron chi connectivity index (χ1n) is 5.82. The molecule has 0 N–H and O–H groups in total. The van der Waals surface area contributed by atoms with E-state index >= 15 is 0 Å². The summed E-state index contributed by atoms with van der Waals surface area (Å²) >= 11 is 0. The van der Waals surface area contributed by atoms with Crippen LogP contribution in [0.5, 0.6) is 0 Å². The summed E-state index contributed by atoms with van der Waals surface area (Å²) in [6.07, 6.45) is 0. The zero-order valence-electron chi connectivity index (χ0n) is 12.0. The lowest BCUT2D eigenvalue weighted by molar-refractivity contribution is 0.223. The first-order valence-corrected chi connectivity index (χ1v) is 9.46. The summed E-state index contributed by atoms with van der Waals surface area (Å²) in [5.74, 6) is -1.19. The minimum absolute atomic E-state index is 0.0439. The highest BCUT2D eigenvalue weighted by atomic mass is 32.2. The topological polar surface area (TPSA) is 84.0 Å². The van der Waals surface area contributed by atoms with Gasteiger partial charge in [0, 0.05) is 13.1 Å². The molecule has 0 aromatic heterocycles. The summed E-state index contributed by atoms with van der Waals surface area (Å²) < 4.78 is 50.9. The van der Waals surface area contributed by atoms with Crippen molar-refractivity contribution < 1.29 is 21.6 Å². The highest BCUT2D eigenvalue weighted by molar-refractivity contribution is 7.92. The standard InChI is InChI=1S/C10H24N2O5S2/c1-11(2)5-7-18(13,14)9-17-10-19(15,16)8-6-12(3)4/h5-10H2,1-4H3. The van der Waals surface area contributed by atoms with Crippen LogP contribution in [0.4, 0.5) is 0 Å². The van der Waals surface area contributed by atoms with Crippen molar-refractivity contribution in [2.45, 2.75) is 0 Å². The van der Waals surface area contributed by atoms with Gasteiger partial charge in [-0.25, -0.2) is 16.8 Å². The van der Waals surface area contributed by atoms with Gasteiger partial charge in [-0.05, 0) is 28.2 Å². The Balaban J connectivity index is 4.07. The zero-order chi connectivity index (χ0) is 15.1. The summed E-state index contributed by atoms with van der Waals surface area (Å²) in [5, 5.41) is 0. The van der Waals surface area contributed by atoms with E-state index in [9.17, 15) is 16.8 Å². The third-order valence-electron chi connectivity index (χ3n) is 2.22. The minimum atomic E-state index is -3.37. The molecule has 19 heavy (non-hydrogen) atoms. The number of hydrogen-bond acceptors (Lipinski definition) is 7. The SMILES string of the molecule is CN(C)CCS(=O)(=O)COCS(=O)(=O)CCN(C)C. The van der Waals surface area contributed by atoms with Crippen molar-refractivity contribution in [2.24, 2.45) is 0 Å². The molecule has 0 fully saturated rings. The second-order valence-electron chi connectivity index (χ2n) is 4.94. The average Bonchev–Trinajstić information content (AvgIpc) is 2.23. The fourth-order valence-electron chi connectivity index (χ4n) is 1.05. The van der Waals surface area contributed by atoms with Gasteiger partial charge in [0.15, 0.2) is 19.7 Å². The Bertz CT molecular complexity index is 401. The van der Waals surface area contributed by atoms with Crippen LogP contribution in [-0.4, -0.2) is 91.3 Å². The highest BCUT2D eigenvalue weighted by Gasteiger charge is 2.16. The molecule has 116 valence electrons. The van der Waals surface area contributed by atoms with Crippen molar-refractivity contribution in [3.8, 4) is 0 Å². The smallest absolute Gasteiger partial charge is 0.175 e. The monoisotopic (exact) mass is 316 g/mol. The van der Waals surface area contributed by atoms with Crippen LogP contribution < -0.4 is 0 Å². The molecule has 0 bridgehead atoms. The lowest BCUT2D eigenvalue weighted by Gasteiger charge is -2.11. The number of nitrogens with zero attached hydrogens (tertiary/aromatic N) is 2. The van der Waals surface area contributed by atoms with Gasteiger partial charge in [0.1, 0.15) is 11.9 Å². The molecule has 7 nitrogen and oxygen atoms in total. The fraction of sp³-hybridized carbons (Fsp3) is 1.00. The van der Waals surface area contributed by atoms with Gasteiger partial charge in [-0.2, -0.15) is 0 Å². The molecule has 0 aliphatic carbocycles. The van der Waals surface area contributed by atoms with Crippen LogP contribution in [0.25, 0.3) is 0 Å². The van der Waals surface area contributed by atoms with Crippen LogP contribution in [0, 0.1) is 0 Å². The van der Waals surface area contributed by atoms with E-state index < -0.39 is 31.6 Å². The minimum Gasteiger partial charge on any atom is -0.350 e. The van der Waals surface area contributed by atoms with Crippen molar-refractivity contribution in [3.05, 3.63) is 0 Å². The molecule has 0 saturated heterocycles. The van der Waals surface area contributed by atoms with Crippen LogP contribution in [0.2, 0.25) is 0 Å². The van der Waals surface area contributed by atoms with Gasteiger partial charge in [-0.3, -0.25) is 0 Å². The molecule has 0 amide bonds. The Kier molecular flexibility index (Phi) is 8.06. The van der Waals surface area contributed by atoms with Crippen LogP contribution in [0.3, 0.4) is 0 Å². The quantitative estimate of drug-likeness (QED) is 0.504. The van der Waals surface area contributed by atoms with Gasteiger partial charge in [-0.15, -0.1) is 0 Å². The Morgan fingerprint density at radius 1 is 0.737 bits per heavy atom. The molecule has 9 heteroatoms. The average molecular weight is 316 g/mol. The van der Waals surface area contributed by atoms with Gasteiger partial charge in [0.05, 0.1) is 11.5 Å². The van der Waals surface area contributed by atoms with Gasteiger partial charge in [0.2, 0.25) is 0 Å². The molecule has 0 aromatic rings. The third-order valence-corrected chi connectivity index (χ3v) is 4.89. The van der Waals surface area contributed by atoms with E-state index in [2.05, 4.69) is 0 Å². The Hall–Kier alpha value is -0.220. The van der Waals surface area contributed by atoms with Crippen molar-refractivity contribution in [2.75, 3.05) is 64.7 Å². The maximum absolute atomic E-state index is 11.5. The summed E-state index contributed by atoms with van der Waals surface area (Å²) in [6, 6.07) is 0. The molecule has 0 aliphatic heterocycles. The van der Waals surface area contributed by atoms with E-state index in [4.69, 9.17) is 4.74 Å². The number of hydrogen-bond donors (Lipinski definition) is 0. The number of ether oxygens (including phenoxy) is 1. The third kappa shape index (κ3) is 11.3. The van der Waals surface area contributed by atoms with Crippen molar-refractivity contribution in [1.82, 2.24) is 9.80 Å². The van der Waals surface area contributed by atoms with Crippen molar-refractivity contribution >= 4 is 19.7 Å². The van der Waals surface area contributed by atoms with E-state index in [0.29, 0.717) is 13.1 Å². The molecule has 0 spiro atoms. The Morgan fingerprint density at radius 2 is 1.05 bits per heavy atom. The maximum atomic E-state index is 11.5. The van der Waals surface area contributed by atoms with Crippen LogP contribution in [-0.2, 0) is 24.4 Å². The maximum Gasteiger partial charge on any atom is 0.175 e. The zero-order valence-corrected chi connectivity index (χ0v) is 13.6. The summed E-state index contributed by atoms with van der Waals surface area (Å²) in [5.41, 5.74) is 0. The van der Waals surface area contributed by atoms with E-state index in [1.807, 2.05) is 0 Å². The Labute approximate surface area is 116 Å². The van der Waals surface area contributed by atoms with E-state index in [-0.39, 0.29) is 11.5 Å². The molecular formula is C10H24N2O5S2. The van der Waals surface area contributed by atoms with Gasteiger partial charge < -0.3 is 14.5 Å². The highest BCUT2D eigenvalue weighted by Crippen LogP contribution is 1.97. The normalized spacial score (nSPS) is 13.4.